The molecule has 1 fully saturated rings. The zero-order chi connectivity index (χ0) is 13.2. The first-order valence-corrected chi connectivity index (χ1v) is 7.62. The first-order chi connectivity index (χ1) is 8.72. The van der Waals surface area contributed by atoms with E-state index in [1.54, 1.807) is 0 Å². The molecule has 3 heteroatoms. The molecule has 0 radical (unpaired) electrons. The first kappa shape index (κ1) is 15.5. The highest BCUT2D eigenvalue weighted by atomic mass is 16.5. The fourth-order valence-corrected chi connectivity index (χ4v) is 2.51. The van der Waals surface area contributed by atoms with Gasteiger partial charge in [-0.05, 0) is 51.6 Å². The highest BCUT2D eigenvalue weighted by Crippen LogP contribution is 2.17. The molecule has 0 aromatic rings. The van der Waals surface area contributed by atoms with E-state index in [1.165, 1.54) is 25.7 Å². The molecule has 1 aliphatic heterocycles. The quantitative estimate of drug-likeness (QED) is 0.534. The number of nitrogens with one attached hydrogen (secondary N) is 1. The Morgan fingerprint density at radius 2 is 2.00 bits per heavy atom. The van der Waals surface area contributed by atoms with Crippen molar-refractivity contribution in [1.29, 1.82) is 0 Å². The van der Waals surface area contributed by atoms with Gasteiger partial charge in [0.2, 0.25) is 0 Å². The molecule has 0 aromatic carbocycles. The minimum atomic E-state index is 0.00453. The average Bonchev–Trinajstić information content (AvgIpc) is 2.35. The van der Waals surface area contributed by atoms with Crippen LogP contribution in [0.4, 0.5) is 0 Å². The van der Waals surface area contributed by atoms with Crippen LogP contribution in [0.25, 0.3) is 0 Å². The maximum absolute atomic E-state index is 11.8. The molecule has 1 rings (SSSR count). The number of esters is 1. The van der Waals surface area contributed by atoms with Crippen LogP contribution in [-0.2, 0) is 9.53 Å². The van der Waals surface area contributed by atoms with Crippen molar-refractivity contribution in [3.63, 3.8) is 0 Å². The summed E-state index contributed by atoms with van der Waals surface area (Å²) in [7, 11) is 0. The van der Waals surface area contributed by atoms with E-state index in [2.05, 4.69) is 12.2 Å². The third kappa shape index (κ3) is 7.00. The van der Waals surface area contributed by atoms with E-state index in [1.807, 2.05) is 6.92 Å². The van der Waals surface area contributed by atoms with E-state index in [0.29, 0.717) is 12.3 Å². The Kier molecular flexibility index (Phi) is 8.06. The Morgan fingerprint density at radius 1 is 1.28 bits per heavy atom. The first-order valence-electron chi connectivity index (χ1n) is 7.62. The zero-order valence-corrected chi connectivity index (χ0v) is 12.0. The minimum absolute atomic E-state index is 0.00453. The summed E-state index contributed by atoms with van der Waals surface area (Å²) in [4.78, 5) is 11.8. The predicted octanol–water partition coefficient (Wildman–Crippen LogP) is 3.28. The molecule has 106 valence electrons. The van der Waals surface area contributed by atoms with Crippen LogP contribution in [0, 0.1) is 5.92 Å². The van der Waals surface area contributed by atoms with Crippen molar-refractivity contribution in [1.82, 2.24) is 5.32 Å². The van der Waals surface area contributed by atoms with E-state index in [-0.39, 0.29) is 12.1 Å². The summed E-state index contributed by atoms with van der Waals surface area (Å²) in [5.41, 5.74) is 0. The third-order valence-electron chi connectivity index (χ3n) is 3.71. The molecule has 0 aromatic heterocycles. The number of hydrogen-bond donors (Lipinski definition) is 1. The van der Waals surface area contributed by atoms with Gasteiger partial charge in [-0.2, -0.15) is 0 Å². The van der Waals surface area contributed by atoms with Crippen LogP contribution in [0.5, 0.6) is 0 Å². The molecule has 3 nitrogen and oxygen atoms in total. The lowest BCUT2D eigenvalue weighted by Gasteiger charge is -2.22. The molecule has 1 aliphatic rings. The number of carbonyl (C=O) groups is 1. The van der Waals surface area contributed by atoms with Gasteiger partial charge in [-0.25, -0.2) is 0 Å². The molecular weight excluding hydrogens is 226 g/mol. The Bertz CT molecular complexity index is 225. The van der Waals surface area contributed by atoms with Crippen LogP contribution in [0.1, 0.15) is 65.2 Å². The largest absolute Gasteiger partial charge is 0.463 e. The van der Waals surface area contributed by atoms with Crippen molar-refractivity contribution in [2.24, 2.45) is 5.92 Å². The van der Waals surface area contributed by atoms with Gasteiger partial charge in [0.1, 0.15) is 0 Å². The molecule has 18 heavy (non-hydrogen) atoms. The summed E-state index contributed by atoms with van der Waals surface area (Å²) in [5, 5.41) is 3.32. The lowest BCUT2D eigenvalue weighted by molar-refractivity contribution is -0.149. The molecular formula is C15H29NO2. The molecule has 0 bridgehead atoms. The minimum Gasteiger partial charge on any atom is -0.463 e. The van der Waals surface area contributed by atoms with Gasteiger partial charge in [-0.1, -0.05) is 26.2 Å². The molecule has 1 unspecified atom stereocenters. The molecule has 1 N–H and O–H groups in total. The van der Waals surface area contributed by atoms with Crippen LogP contribution in [0.2, 0.25) is 0 Å². The number of unbranched alkanes of at least 4 members (excludes halogenated alkanes) is 3. The monoisotopic (exact) mass is 255 g/mol. The van der Waals surface area contributed by atoms with Gasteiger partial charge in [0.05, 0.1) is 6.10 Å². The number of hydrogen-bond acceptors (Lipinski definition) is 3. The van der Waals surface area contributed by atoms with Gasteiger partial charge in [0.15, 0.2) is 0 Å². The number of ether oxygens (including phenoxy) is 1. The Balaban J connectivity index is 2.06. The number of rotatable bonds is 8. The average molecular weight is 255 g/mol. The lowest BCUT2D eigenvalue weighted by atomic mass is 9.95. The van der Waals surface area contributed by atoms with Gasteiger partial charge in [0, 0.05) is 6.42 Å². The normalized spacial score (nSPS) is 18.6. The number of carbonyl (C=O) groups excluding carboxylic acids is 1. The summed E-state index contributed by atoms with van der Waals surface area (Å²) in [6, 6.07) is 0. The maximum Gasteiger partial charge on any atom is 0.306 e. The summed E-state index contributed by atoms with van der Waals surface area (Å²) in [5.74, 6) is 0.538. The van der Waals surface area contributed by atoms with E-state index < -0.39 is 0 Å². The van der Waals surface area contributed by atoms with Gasteiger partial charge in [-0.3, -0.25) is 4.79 Å². The molecule has 0 spiro atoms. The van der Waals surface area contributed by atoms with Crippen LogP contribution >= 0.6 is 0 Å². The molecule has 1 atom stereocenters. The molecule has 1 heterocycles. The Hall–Kier alpha value is -0.570. The van der Waals surface area contributed by atoms with Gasteiger partial charge in [-0.15, -0.1) is 0 Å². The SMILES string of the molecule is CCCCCCC(C)OC(=O)CC1CCNCC1. The molecule has 0 saturated carbocycles. The lowest BCUT2D eigenvalue weighted by Crippen LogP contribution is -2.29. The van der Waals surface area contributed by atoms with Crippen molar-refractivity contribution in [2.75, 3.05) is 13.1 Å². The van der Waals surface area contributed by atoms with Crippen molar-refractivity contribution >= 4 is 5.97 Å². The van der Waals surface area contributed by atoms with E-state index in [0.717, 1.165) is 32.4 Å². The molecule has 0 aliphatic carbocycles. The third-order valence-corrected chi connectivity index (χ3v) is 3.71. The molecule has 1 saturated heterocycles. The van der Waals surface area contributed by atoms with Gasteiger partial charge in [0.25, 0.3) is 0 Å². The van der Waals surface area contributed by atoms with Crippen LogP contribution in [0.15, 0.2) is 0 Å². The Morgan fingerprint density at radius 3 is 2.67 bits per heavy atom. The second-order valence-corrected chi connectivity index (χ2v) is 5.55. The fourth-order valence-electron chi connectivity index (χ4n) is 2.51. The highest BCUT2D eigenvalue weighted by molar-refractivity contribution is 5.69. The van der Waals surface area contributed by atoms with Crippen molar-refractivity contribution < 1.29 is 9.53 Å². The van der Waals surface area contributed by atoms with Crippen LogP contribution < -0.4 is 5.32 Å². The second kappa shape index (κ2) is 9.37. The topological polar surface area (TPSA) is 38.3 Å². The van der Waals surface area contributed by atoms with E-state index in [9.17, 15) is 4.79 Å². The Labute approximate surface area is 112 Å². The van der Waals surface area contributed by atoms with Crippen molar-refractivity contribution in [3.8, 4) is 0 Å². The van der Waals surface area contributed by atoms with E-state index in [4.69, 9.17) is 4.74 Å². The van der Waals surface area contributed by atoms with Crippen molar-refractivity contribution in [2.45, 2.75) is 71.3 Å². The smallest absolute Gasteiger partial charge is 0.306 e. The standard InChI is InChI=1S/C15H29NO2/c1-3-4-5-6-7-13(2)18-15(17)12-14-8-10-16-11-9-14/h13-14,16H,3-12H2,1-2H3. The molecule has 0 amide bonds. The summed E-state index contributed by atoms with van der Waals surface area (Å²) >= 11 is 0. The fraction of sp³-hybridized carbons (Fsp3) is 0.933. The maximum atomic E-state index is 11.8. The van der Waals surface area contributed by atoms with Crippen LogP contribution in [0.3, 0.4) is 0 Å². The van der Waals surface area contributed by atoms with Crippen molar-refractivity contribution in [3.05, 3.63) is 0 Å². The number of piperidine rings is 1. The van der Waals surface area contributed by atoms with Crippen LogP contribution in [-0.4, -0.2) is 25.2 Å². The van der Waals surface area contributed by atoms with E-state index >= 15 is 0 Å². The predicted molar refractivity (Wildman–Crippen MR) is 74.5 cm³/mol. The second-order valence-electron chi connectivity index (χ2n) is 5.55. The highest BCUT2D eigenvalue weighted by Gasteiger charge is 2.18. The summed E-state index contributed by atoms with van der Waals surface area (Å²) in [6.07, 6.45) is 8.91. The van der Waals surface area contributed by atoms with Gasteiger partial charge < -0.3 is 10.1 Å². The summed E-state index contributed by atoms with van der Waals surface area (Å²) < 4.78 is 5.47. The van der Waals surface area contributed by atoms with Gasteiger partial charge >= 0.3 is 5.97 Å². The summed E-state index contributed by atoms with van der Waals surface area (Å²) in [6.45, 7) is 6.32. The zero-order valence-electron chi connectivity index (χ0n) is 12.0.